The van der Waals surface area contributed by atoms with E-state index < -0.39 is 0 Å². The van der Waals surface area contributed by atoms with Crippen LogP contribution < -0.4 is 5.73 Å². The van der Waals surface area contributed by atoms with Crippen molar-refractivity contribution < 1.29 is 4.79 Å². The third-order valence-corrected chi connectivity index (χ3v) is 2.81. The lowest BCUT2D eigenvalue weighted by molar-refractivity contribution is -0.136. The molecule has 2 aliphatic rings. The molecule has 2 rings (SSSR count). The van der Waals surface area contributed by atoms with Gasteiger partial charge in [0.25, 0.3) is 0 Å². The number of hydrogen-bond acceptors (Lipinski definition) is 2. The number of nitrogens with two attached hydrogens (primary N) is 1. The number of carbonyl (C=O) groups is 1. The number of nitrogens with zero attached hydrogens (tertiary/aromatic N) is 1. The molecule has 3 heteroatoms. The van der Waals surface area contributed by atoms with E-state index in [1.807, 2.05) is 4.90 Å². The molecule has 62 valence electrons. The molecule has 1 aliphatic carbocycles. The molecule has 2 N–H and O–H groups in total. The van der Waals surface area contributed by atoms with Gasteiger partial charge >= 0.3 is 0 Å². The fourth-order valence-corrected chi connectivity index (χ4v) is 1.80. The molecule has 3 nitrogen and oxygen atoms in total. The van der Waals surface area contributed by atoms with Crippen LogP contribution in [0.4, 0.5) is 0 Å². The third kappa shape index (κ3) is 1.03. The molecule has 2 fully saturated rings. The Kier molecular flexibility index (Phi) is 1.27. The summed E-state index contributed by atoms with van der Waals surface area (Å²) in [6, 6.07) is 0. The molecule has 0 aromatic carbocycles. The van der Waals surface area contributed by atoms with Crippen LogP contribution in [0.2, 0.25) is 0 Å². The van der Waals surface area contributed by atoms with Gasteiger partial charge in [0.15, 0.2) is 0 Å². The summed E-state index contributed by atoms with van der Waals surface area (Å²) in [5.74, 6) is 0.866. The van der Waals surface area contributed by atoms with Gasteiger partial charge in [0, 0.05) is 20.0 Å². The lowest BCUT2D eigenvalue weighted by Gasteiger charge is -2.47. The van der Waals surface area contributed by atoms with Gasteiger partial charge in [-0.15, -0.1) is 0 Å². The van der Waals surface area contributed by atoms with Crippen molar-refractivity contribution in [2.45, 2.75) is 25.3 Å². The van der Waals surface area contributed by atoms with Crippen molar-refractivity contribution in [1.82, 2.24) is 4.90 Å². The van der Waals surface area contributed by atoms with Crippen LogP contribution in [0.25, 0.3) is 0 Å². The first-order valence-corrected chi connectivity index (χ1v) is 4.16. The summed E-state index contributed by atoms with van der Waals surface area (Å²) in [6.45, 7) is 3.17. The Morgan fingerprint density at radius 1 is 1.55 bits per heavy atom. The molecule has 0 spiro atoms. The predicted molar refractivity (Wildman–Crippen MR) is 41.9 cm³/mol. The Morgan fingerprint density at radius 2 is 2.09 bits per heavy atom. The lowest BCUT2D eigenvalue weighted by Crippen LogP contribution is -2.69. The summed E-state index contributed by atoms with van der Waals surface area (Å²) in [6.07, 6.45) is 2.53. The molecule has 1 amide bonds. The minimum absolute atomic E-state index is 0.00826. The van der Waals surface area contributed by atoms with Crippen molar-refractivity contribution in [1.29, 1.82) is 0 Å². The minimum Gasteiger partial charge on any atom is -0.339 e. The van der Waals surface area contributed by atoms with Gasteiger partial charge in [0.2, 0.25) is 5.91 Å². The number of likely N-dealkylation sites (tertiary alicyclic amines) is 1. The average Bonchev–Trinajstić information content (AvgIpc) is 2.60. The van der Waals surface area contributed by atoms with E-state index in [9.17, 15) is 4.79 Å². The molecule has 11 heavy (non-hydrogen) atoms. The van der Waals surface area contributed by atoms with Gasteiger partial charge in [-0.3, -0.25) is 4.79 Å². The molecular weight excluding hydrogens is 140 g/mol. The molecule has 0 aromatic heterocycles. The highest BCUT2D eigenvalue weighted by Crippen LogP contribution is 2.42. The van der Waals surface area contributed by atoms with E-state index in [0.29, 0.717) is 5.92 Å². The Hall–Kier alpha value is -0.570. The van der Waals surface area contributed by atoms with Crippen molar-refractivity contribution in [3.63, 3.8) is 0 Å². The van der Waals surface area contributed by atoms with Gasteiger partial charge in [0.05, 0.1) is 5.54 Å². The molecule has 0 atom stereocenters. The van der Waals surface area contributed by atoms with Crippen LogP contribution in [0.3, 0.4) is 0 Å². The minimum atomic E-state index is -0.00826. The first kappa shape index (κ1) is 7.10. The maximum Gasteiger partial charge on any atom is 0.219 e. The average molecular weight is 154 g/mol. The van der Waals surface area contributed by atoms with E-state index in [1.54, 1.807) is 6.92 Å². The van der Waals surface area contributed by atoms with E-state index in [0.717, 1.165) is 13.1 Å². The molecule has 0 bridgehead atoms. The Morgan fingerprint density at radius 3 is 2.45 bits per heavy atom. The molecule has 1 saturated carbocycles. The van der Waals surface area contributed by atoms with E-state index in [4.69, 9.17) is 5.73 Å². The van der Waals surface area contributed by atoms with Crippen molar-refractivity contribution in [3.05, 3.63) is 0 Å². The SMILES string of the molecule is CC(=O)N1CC(N)(C2CC2)C1. The summed E-state index contributed by atoms with van der Waals surface area (Å²) in [5.41, 5.74) is 6.03. The van der Waals surface area contributed by atoms with E-state index >= 15 is 0 Å². The normalized spacial score (nSPS) is 28.0. The number of amides is 1. The van der Waals surface area contributed by atoms with Gasteiger partial charge in [-0.1, -0.05) is 0 Å². The summed E-state index contributed by atoms with van der Waals surface area (Å²) < 4.78 is 0. The van der Waals surface area contributed by atoms with Crippen LogP contribution in [0.15, 0.2) is 0 Å². The summed E-state index contributed by atoms with van der Waals surface area (Å²) in [4.78, 5) is 12.6. The molecule has 0 radical (unpaired) electrons. The first-order chi connectivity index (χ1) is 5.12. The first-order valence-electron chi connectivity index (χ1n) is 4.16. The highest BCUT2D eigenvalue weighted by atomic mass is 16.2. The van der Waals surface area contributed by atoms with Crippen LogP contribution in [0.1, 0.15) is 19.8 Å². The van der Waals surface area contributed by atoms with Crippen LogP contribution in [-0.4, -0.2) is 29.4 Å². The topological polar surface area (TPSA) is 46.3 Å². The standard InChI is InChI=1S/C8H14N2O/c1-6(11)10-4-8(9,5-10)7-2-3-7/h7H,2-5,9H2,1H3. The zero-order valence-corrected chi connectivity index (χ0v) is 6.84. The quantitative estimate of drug-likeness (QED) is 0.576. The predicted octanol–water partition coefficient (Wildman–Crippen LogP) is -0.0440. The molecule has 1 aliphatic heterocycles. The summed E-state index contributed by atoms with van der Waals surface area (Å²) in [5, 5.41) is 0. The van der Waals surface area contributed by atoms with Crippen molar-refractivity contribution in [2.24, 2.45) is 11.7 Å². The van der Waals surface area contributed by atoms with Crippen LogP contribution in [0.5, 0.6) is 0 Å². The van der Waals surface area contributed by atoms with E-state index in [1.165, 1.54) is 12.8 Å². The Bertz CT molecular complexity index is 192. The monoisotopic (exact) mass is 154 g/mol. The molecule has 0 unspecified atom stereocenters. The smallest absolute Gasteiger partial charge is 0.219 e. The van der Waals surface area contributed by atoms with E-state index in [2.05, 4.69) is 0 Å². The Balaban J connectivity index is 1.90. The van der Waals surface area contributed by atoms with Crippen LogP contribution >= 0.6 is 0 Å². The Labute approximate surface area is 66.5 Å². The van der Waals surface area contributed by atoms with Crippen molar-refractivity contribution in [3.8, 4) is 0 Å². The van der Waals surface area contributed by atoms with Crippen molar-refractivity contribution in [2.75, 3.05) is 13.1 Å². The third-order valence-electron chi connectivity index (χ3n) is 2.81. The fourth-order valence-electron chi connectivity index (χ4n) is 1.80. The van der Waals surface area contributed by atoms with Gasteiger partial charge in [-0.05, 0) is 18.8 Å². The zero-order valence-electron chi connectivity index (χ0n) is 6.84. The van der Waals surface area contributed by atoms with Gasteiger partial charge in [-0.2, -0.15) is 0 Å². The second kappa shape index (κ2) is 1.97. The van der Waals surface area contributed by atoms with Gasteiger partial charge in [-0.25, -0.2) is 0 Å². The molecule has 0 aromatic rings. The number of rotatable bonds is 1. The largest absolute Gasteiger partial charge is 0.339 e. The van der Waals surface area contributed by atoms with Crippen LogP contribution in [-0.2, 0) is 4.79 Å². The van der Waals surface area contributed by atoms with E-state index in [-0.39, 0.29) is 11.4 Å². The maximum atomic E-state index is 10.8. The fraction of sp³-hybridized carbons (Fsp3) is 0.875. The van der Waals surface area contributed by atoms with Gasteiger partial charge < -0.3 is 10.6 Å². The lowest BCUT2D eigenvalue weighted by atomic mass is 9.86. The summed E-state index contributed by atoms with van der Waals surface area (Å²) >= 11 is 0. The maximum absolute atomic E-state index is 10.8. The van der Waals surface area contributed by atoms with Gasteiger partial charge in [0.1, 0.15) is 0 Å². The highest BCUT2D eigenvalue weighted by molar-refractivity contribution is 5.74. The summed E-state index contributed by atoms with van der Waals surface area (Å²) in [7, 11) is 0. The number of hydrogen-bond donors (Lipinski definition) is 1. The van der Waals surface area contributed by atoms with Crippen LogP contribution in [0, 0.1) is 5.92 Å². The number of carbonyl (C=O) groups excluding carboxylic acids is 1. The zero-order chi connectivity index (χ0) is 8.06. The second-order valence-electron chi connectivity index (χ2n) is 3.88. The second-order valence-corrected chi connectivity index (χ2v) is 3.88. The highest BCUT2D eigenvalue weighted by Gasteiger charge is 2.50. The van der Waals surface area contributed by atoms with Crippen molar-refractivity contribution >= 4 is 5.91 Å². The molecule has 1 saturated heterocycles. The molecular formula is C8H14N2O. The molecule has 1 heterocycles.